The summed E-state index contributed by atoms with van der Waals surface area (Å²) in [5, 5.41) is 0. The van der Waals surface area contributed by atoms with Crippen molar-refractivity contribution in [3.05, 3.63) is 54.1 Å². The van der Waals surface area contributed by atoms with Gasteiger partial charge in [0.25, 0.3) is 0 Å². The molecule has 3 aliphatic heterocycles. The molecule has 7 nitrogen and oxygen atoms in total. The van der Waals surface area contributed by atoms with Crippen LogP contribution in [0.4, 0.5) is 13.6 Å². The predicted octanol–water partition coefficient (Wildman–Crippen LogP) is 4.59. The van der Waals surface area contributed by atoms with Crippen molar-refractivity contribution in [2.75, 3.05) is 39.4 Å². The van der Waals surface area contributed by atoms with Gasteiger partial charge in [-0.25, -0.2) is 4.79 Å². The zero-order valence-corrected chi connectivity index (χ0v) is 20.2. The number of hydrogen-bond donors (Lipinski definition) is 0. The summed E-state index contributed by atoms with van der Waals surface area (Å²) in [5.74, 6) is 1.59. The summed E-state index contributed by atoms with van der Waals surface area (Å²) < 4.78 is 46.6. The van der Waals surface area contributed by atoms with Crippen molar-refractivity contribution in [2.24, 2.45) is 5.92 Å². The second-order valence-electron chi connectivity index (χ2n) is 9.68. The van der Waals surface area contributed by atoms with Gasteiger partial charge >= 0.3 is 12.7 Å². The van der Waals surface area contributed by atoms with Crippen LogP contribution in [0, 0.1) is 5.92 Å². The van der Waals surface area contributed by atoms with Crippen molar-refractivity contribution in [1.82, 2.24) is 9.80 Å². The number of piperidine rings is 1. The van der Waals surface area contributed by atoms with E-state index in [1.54, 1.807) is 6.07 Å². The zero-order valence-electron chi connectivity index (χ0n) is 20.2. The van der Waals surface area contributed by atoms with Crippen molar-refractivity contribution in [3.8, 4) is 17.2 Å². The Morgan fingerprint density at radius 2 is 1.81 bits per heavy atom. The van der Waals surface area contributed by atoms with Crippen LogP contribution in [0.1, 0.15) is 24.8 Å². The number of alkyl halides is 2. The lowest BCUT2D eigenvalue weighted by molar-refractivity contribution is -0.0502. The number of halogens is 2. The fourth-order valence-electron chi connectivity index (χ4n) is 5.25. The van der Waals surface area contributed by atoms with Crippen molar-refractivity contribution < 1.29 is 32.5 Å². The average molecular weight is 503 g/mol. The van der Waals surface area contributed by atoms with Gasteiger partial charge in [0, 0.05) is 19.2 Å². The SMILES string of the molecule is O=C1OCC(Cc2ccccc2)N1CCC1CCN(CC2COc3ccc(OC(F)F)cc3O2)CC1. The Kier molecular flexibility index (Phi) is 7.75. The van der Waals surface area contributed by atoms with Gasteiger partial charge < -0.3 is 23.8 Å². The third-order valence-corrected chi connectivity index (χ3v) is 7.19. The van der Waals surface area contributed by atoms with Crippen LogP contribution in [0.25, 0.3) is 0 Å². The van der Waals surface area contributed by atoms with Gasteiger partial charge in [-0.1, -0.05) is 30.3 Å². The molecule has 2 fully saturated rings. The van der Waals surface area contributed by atoms with Gasteiger partial charge in [-0.3, -0.25) is 4.90 Å². The van der Waals surface area contributed by atoms with Gasteiger partial charge in [0.05, 0.1) is 6.04 Å². The highest BCUT2D eigenvalue weighted by molar-refractivity contribution is 5.70. The van der Waals surface area contributed by atoms with Crippen molar-refractivity contribution in [3.63, 3.8) is 0 Å². The summed E-state index contributed by atoms with van der Waals surface area (Å²) in [7, 11) is 0. The largest absolute Gasteiger partial charge is 0.486 e. The minimum atomic E-state index is -2.88. The third-order valence-electron chi connectivity index (χ3n) is 7.19. The van der Waals surface area contributed by atoms with E-state index < -0.39 is 6.61 Å². The van der Waals surface area contributed by atoms with E-state index in [0.29, 0.717) is 37.2 Å². The van der Waals surface area contributed by atoms with E-state index >= 15 is 0 Å². The molecule has 0 spiro atoms. The molecule has 0 N–H and O–H groups in total. The number of fused-ring (bicyclic) bond motifs is 1. The summed E-state index contributed by atoms with van der Waals surface area (Å²) in [6.07, 6.45) is 3.52. The number of rotatable bonds is 9. The molecule has 2 aromatic carbocycles. The van der Waals surface area contributed by atoms with Crippen LogP contribution in [0.15, 0.2) is 48.5 Å². The van der Waals surface area contributed by atoms with Crippen LogP contribution in [0.5, 0.6) is 17.2 Å². The number of benzene rings is 2. The van der Waals surface area contributed by atoms with Gasteiger partial charge in [0.2, 0.25) is 0 Å². The third kappa shape index (κ3) is 6.19. The second-order valence-corrected chi connectivity index (χ2v) is 9.68. The molecule has 0 aromatic heterocycles. The van der Waals surface area contributed by atoms with Gasteiger partial charge in [0.1, 0.15) is 25.1 Å². The molecule has 0 radical (unpaired) electrons. The molecule has 0 aliphatic carbocycles. The van der Waals surface area contributed by atoms with E-state index in [9.17, 15) is 13.6 Å². The van der Waals surface area contributed by atoms with E-state index in [0.717, 1.165) is 45.3 Å². The molecule has 3 heterocycles. The van der Waals surface area contributed by atoms with Crippen molar-refractivity contribution >= 4 is 6.09 Å². The number of hydrogen-bond acceptors (Lipinski definition) is 6. The smallest absolute Gasteiger partial charge is 0.410 e. The van der Waals surface area contributed by atoms with Crippen molar-refractivity contribution in [2.45, 2.75) is 44.4 Å². The number of amides is 1. The van der Waals surface area contributed by atoms with E-state index in [-0.39, 0.29) is 24.0 Å². The lowest BCUT2D eigenvalue weighted by atomic mass is 9.93. The molecule has 2 unspecified atom stereocenters. The van der Waals surface area contributed by atoms with Gasteiger partial charge in [-0.15, -0.1) is 0 Å². The van der Waals surface area contributed by atoms with Crippen LogP contribution in [-0.2, 0) is 11.2 Å². The van der Waals surface area contributed by atoms with Crippen LogP contribution in [0.3, 0.4) is 0 Å². The number of carbonyl (C=O) groups is 1. The van der Waals surface area contributed by atoms with Crippen LogP contribution in [-0.4, -0.2) is 74.0 Å². The molecule has 36 heavy (non-hydrogen) atoms. The first-order chi connectivity index (χ1) is 17.5. The number of nitrogens with zero attached hydrogens (tertiary/aromatic N) is 2. The number of ether oxygens (including phenoxy) is 4. The second kappa shape index (κ2) is 11.3. The highest BCUT2D eigenvalue weighted by Crippen LogP contribution is 2.36. The van der Waals surface area contributed by atoms with E-state index in [1.165, 1.54) is 17.7 Å². The Labute approximate surface area is 209 Å². The minimum absolute atomic E-state index is 0.0571. The highest BCUT2D eigenvalue weighted by atomic mass is 19.3. The molecule has 2 atom stereocenters. The maximum atomic E-state index is 12.5. The number of likely N-dealkylation sites (tertiary alicyclic amines) is 1. The Balaban J connectivity index is 1.06. The highest BCUT2D eigenvalue weighted by Gasteiger charge is 2.34. The molecule has 0 bridgehead atoms. The predicted molar refractivity (Wildman–Crippen MR) is 129 cm³/mol. The van der Waals surface area contributed by atoms with Gasteiger partial charge in [0.15, 0.2) is 11.5 Å². The normalized spacial score (nSPS) is 22.6. The molecule has 2 aromatic rings. The Morgan fingerprint density at radius 3 is 2.58 bits per heavy atom. The fraction of sp³-hybridized carbons (Fsp3) is 0.519. The lowest BCUT2D eigenvalue weighted by Gasteiger charge is -2.36. The maximum absolute atomic E-state index is 12.5. The molecule has 194 valence electrons. The molecule has 2 saturated heterocycles. The first-order valence-electron chi connectivity index (χ1n) is 12.6. The lowest BCUT2D eigenvalue weighted by Crippen LogP contribution is -2.44. The Morgan fingerprint density at radius 1 is 1.00 bits per heavy atom. The quantitative estimate of drug-likeness (QED) is 0.500. The zero-order chi connectivity index (χ0) is 24.9. The van der Waals surface area contributed by atoms with Crippen LogP contribution >= 0.6 is 0 Å². The maximum Gasteiger partial charge on any atom is 0.410 e. The molecule has 3 aliphatic rings. The first-order valence-corrected chi connectivity index (χ1v) is 12.6. The first kappa shape index (κ1) is 24.6. The summed E-state index contributed by atoms with van der Waals surface area (Å²) in [5.41, 5.74) is 1.22. The summed E-state index contributed by atoms with van der Waals surface area (Å²) in [6.45, 7) is 1.32. The Hall–Kier alpha value is -3.07. The van der Waals surface area contributed by atoms with E-state index in [1.807, 2.05) is 23.1 Å². The van der Waals surface area contributed by atoms with Crippen LogP contribution < -0.4 is 14.2 Å². The number of carbonyl (C=O) groups excluding carboxylic acids is 1. The molecule has 1 amide bonds. The molecular formula is C27H32F2N2O5. The molecule has 0 saturated carbocycles. The monoisotopic (exact) mass is 502 g/mol. The van der Waals surface area contributed by atoms with Gasteiger partial charge in [-0.2, -0.15) is 8.78 Å². The average Bonchev–Trinajstić information content (AvgIpc) is 3.22. The van der Waals surface area contributed by atoms with E-state index in [4.69, 9.17) is 14.2 Å². The number of cyclic esters (lactones) is 1. The van der Waals surface area contributed by atoms with Crippen LogP contribution in [0.2, 0.25) is 0 Å². The summed E-state index contributed by atoms with van der Waals surface area (Å²) >= 11 is 0. The summed E-state index contributed by atoms with van der Waals surface area (Å²) in [4.78, 5) is 16.6. The van der Waals surface area contributed by atoms with E-state index in [2.05, 4.69) is 21.8 Å². The Bertz CT molecular complexity index is 1020. The topological polar surface area (TPSA) is 60.5 Å². The molecular weight excluding hydrogens is 470 g/mol. The fourth-order valence-corrected chi connectivity index (χ4v) is 5.25. The molecule has 9 heteroatoms. The molecule has 5 rings (SSSR count). The minimum Gasteiger partial charge on any atom is -0.486 e. The van der Waals surface area contributed by atoms with Gasteiger partial charge in [-0.05, 0) is 62.4 Å². The standard InChI is InChI=1S/C27H32F2N2O5/c28-26(29)36-22-6-7-24-25(15-22)35-23(18-33-24)16-30-11-8-19(9-12-30)10-13-31-21(17-34-27(31)32)14-20-4-2-1-3-5-20/h1-7,15,19,21,23,26H,8-14,16-18H2. The summed E-state index contributed by atoms with van der Waals surface area (Å²) in [6, 6.07) is 14.8. The van der Waals surface area contributed by atoms with Crippen molar-refractivity contribution in [1.29, 1.82) is 0 Å².